The van der Waals surface area contributed by atoms with Crippen molar-refractivity contribution in [1.29, 1.82) is 0 Å². The van der Waals surface area contributed by atoms with Gasteiger partial charge in [0, 0.05) is 21.9 Å². The molecule has 4 atom stereocenters. The molecule has 0 aliphatic carbocycles. The first-order valence-corrected chi connectivity index (χ1v) is 29.8. The van der Waals surface area contributed by atoms with Crippen LogP contribution in [0.1, 0.15) is 81.5 Å². The molecular weight excluding hydrogens is 1270 g/mol. The molecule has 81 heavy (non-hydrogen) atoms. The van der Waals surface area contributed by atoms with Crippen molar-refractivity contribution < 1.29 is 71.3 Å². The van der Waals surface area contributed by atoms with Crippen LogP contribution in [-0.2, 0) is 69.7 Å². The molecule has 8 aromatic rings. The van der Waals surface area contributed by atoms with Crippen molar-refractivity contribution in [3.63, 3.8) is 0 Å². The van der Waals surface area contributed by atoms with E-state index >= 15 is 0 Å². The van der Waals surface area contributed by atoms with E-state index in [-0.39, 0.29) is 68.3 Å². The van der Waals surface area contributed by atoms with Gasteiger partial charge in [-0.05, 0) is 99.1 Å². The molecular formula is C63H71BClF4N4O4Ru2S2+2. The third kappa shape index (κ3) is 26.3. The smallest absolute Gasteiger partial charge is 1.00 e. The van der Waals surface area contributed by atoms with Gasteiger partial charge in [0.15, 0.2) is 0 Å². The normalized spacial score (nSPS) is 11.9. The maximum Gasteiger partial charge on any atom is 5.00 e. The molecule has 0 saturated carbocycles. The Kier molecular flexibility index (Phi) is 38.3. The molecule has 8 nitrogen and oxygen atoms in total. The summed E-state index contributed by atoms with van der Waals surface area (Å²) < 4.78 is 91.5. The summed E-state index contributed by atoms with van der Waals surface area (Å²) >= 11 is 1.82. The van der Waals surface area contributed by atoms with E-state index in [2.05, 4.69) is 78.3 Å². The van der Waals surface area contributed by atoms with Gasteiger partial charge in [-0.25, -0.2) is 16.8 Å². The Morgan fingerprint density at radius 1 is 0.432 bits per heavy atom. The van der Waals surface area contributed by atoms with E-state index < -0.39 is 39.7 Å². The minimum Gasteiger partial charge on any atom is -1.00 e. The monoisotopic (exact) mass is 1340 g/mol. The quantitative estimate of drug-likeness (QED) is 0.0302. The number of nitrogens with one attached hydrogen (secondary N) is 2. The average Bonchev–Trinajstić information content (AvgIpc) is 3.44. The van der Waals surface area contributed by atoms with Crippen molar-refractivity contribution in [2.45, 2.75) is 73.5 Å². The van der Waals surface area contributed by atoms with Crippen molar-refractivity contribution in [3.8, 4) is 0 Å². The fraction of sp³-hybridized carbons (Fsp3) is 0.190. The van der Waals surface area contributed by atoms with Crippen molar-refractivity contribution in [2.75, 3.05) is 13.1 Å². The van der Waals surface area contributed by atoms with Crippen LogP contribution in [-0.4, -0.2) is 37.5 Å². The SMILES string of the molecule is Cc1ccc(S(=O)(=O)[N-][C@H](c2ccccc2)[C@H](NCCCc2ccccc2)c2ccccc2)cc1.Cc1ccc(S(=O)(=O)[N-][C@H](c2ccccc2)[C@H](NCCCc2ccccc2)c2ccccc2)cc1.FB(F)F.[CH3-].[CH3-].[CH3-].[Cl][Ru+3].[F-].[Ru+5]. The molecule has 0 spiro atoms. The topological polar surface area (TPSA) is 121 Å². The van der Waals surface area contributed by atoms with E-state index in [1.165, 1.54) is 11.1 Å². The molecule has 0 amide bonds. The second kappa shape index (κ2) is 40.9. The zero-order valence-corrected chi connectivity index (χ0v) is 51.9. The van der Waals surface area contributed by atoms with Gasteiger partial charge >= 0.3 is 54.0 Å². The van der Waals surface area contributed by atoms with Gasteiger partial charge in [-0.3, -0.25) is 12.9 Å². The Bertz CT molecular complexity index is 2860. The van der Waals surface area contributed by atoms with Crippen LogP contribution < -0.4 is 15.3 Å². The summed E-state index contributed by atoms with van der Waals surface area (Å²) in [6.45, 7) is 5.34. The first-order valence-electron chi connectivity index (χ1n) is 24.7. The van der Waals surface area contributed by atoms with Crippen molar-refractivity contribution in [2.24, 2.45) is 0 Å². The molecule has 431 valence electrons. The predicted molar refractivity (Wildman–Crippen MR) is 320 cm³/mol. The second-order valence-electron chi connectivity index (χ2n) is 17.6. The summed E-state index contributed by atoms with van der Waals surface area (Å²) in [5.74, 6) is 0. The van der Waals surface area contributed by atoms with Crippen LogP contribution in [0, 0.1) is 36.1 Å². The Hall–Kier alpha value is -5.18. The maximum absolute atomic E-state index is 13.4. The fourth-order valence-corrected chi connectivity index (χ4v) is 10.6. The molecule has 18 heteroatoms. The van der Waals surface area contributed by atoms with Crippen LogP contribution in [0.2, 0.25) is 0 Å². The van der Waals surface area contributed by atoms with Crippen molar-refractivity contribution in [1.82, 2.24) is 10.6 Å². The van der Waals surface area contributed by atoms with E-state index in [4.69, 9.17) is 0 Å². The van der Waals surface area contributed by atoms with Gasteiger partial charge < -0.3 is 47.1 Å². The Balaban J connectivity index is 0.00000136. The molecule has 8 aromatic carbocycles. The average molecular weight is 1340 g/mol. The van der Waals surface area contributed by atoms with E-state index in [1.54, 1.807) is 48.5 Å². The van der Waals surface area contributed by atoms with Gasteiger partial charge in [-0.2, -0.15) is 0 Å². The van der Waals surface area contributed by atoms with E-state index in [1.807, 2.05) is 165 Å². The van der Waals surface area contributed by atoms with Crippen LogP contribution in [0.4, 0.5) is 12.9 Å². The number of hydrogen-bond acceptors (Lipinski definition) is 6. The minimum absolute atomic E-state index is 0. The maximum atomic E-state index is 13.4. The standard InChI is InChI=1S/2C30H31N2O2S.3CH3.BF3.ClH.FH.2Ru/c2*1-24-19-21-28(22-20-24)35(33,34)32-30(27-17-9-4-10-18-27)29(26-15-7-3-8-16-26)31-23-11-14-25-12-5-2-6-13-25;;;;2-1(3)4;;;;/h2*2-10,12-13,15-22,29-31H,11,14,23H2,1H3;3*1H3;;2*1H;;/q5*-1;;;;+4;+5/p-2/t2*29-,30-;;;;;;;;/m11......../s1. The Morgan fingerprint density at radius 3 is 0.926 bits per heavy atom. The molecule has 0 aromatic heterocycles. The summed E-state index contributed by atoms with van der Waals surface area (Å²) in [5.41, 5.74) is 8.30. The van der Waals surface area contributed by atoms with Gasteiger partial charge in [0.05, 0.1) is 0 Å². The first-order chi connectivity index (χ1) is 36.8. The molecule has 0 fully saturated rings. The van der Waals surface area contributed by atoms with Gasteiger partial charge in [-0.1, -0.05) is 241 Å². The number of halogens is 5. The van der Waals surface area contributed by atoms with Crippen molar-refractivity contribution in [3.05, 3.63) is 307 Å². The summed E-state index contributed by atoms with van der Waals surface area (Å²) in [6.07, 6.45) is 3.76. The number of hydrogen-bond donors (Lipinski definition) is 2. The third-order valence-corrected chi connectivity index (χ3v) is 14.8. The number of benzene rings is 8. The van der Waals surface area contributed by atoms with Crippen LogP contribution in [0.5, 0.6) is 0 Å². The van der Waals surface area contributed by atoms with Gasteiger partial charge in [-0.15, -0.1) is 0 Å². The van der Waals surface area contributed by atoms with Gasteiger partial charge in [0.2, 0.25) is 0 Å². The molecule has 0 saturated heterocycles. The third-order valence-electron chi connectivity index (χ3n) is 12.1. The summed E-state index contributed by atoms with van der Waals surface area (Å²) in [5, 5.41) is 7.26. The van der Waals surface area contributed by atoms with Crippen LogP contribution >= 0.6 is 9.69 Å². The van der Waals surface area contributed by atoms with Gasteiger partial charge in [0.25, 0.3) is 0 Å². The molecule has 1 radical (unpaired) electrons. The van der Waals surface area contributed by atoms with E-state index in [9.17, 15) is 29.8 Å². The van der Waals surface area contributed by atoms with E-state index in [0.717, 1.165) is 72.2 Å². The number of rotatable bonds is 22. The molecule has 0 aliphatic heterocycles. The van der Waals surface area contributed by atoms with Gasteiger partial charge in [0.1, 0.15) is 20.0 Å². The molecule has 8 rings (SSSR count). The minimum atomic E-state index is -3.87. The van der Waals surface area contributed by atoms with E-state index in [0.29, 0.717) is 0 Å². The molecule has 0 unspecified atom stereocenters. The zero-order valence-electron chi connectivity index (χ0n) is 46.0. The second-order valence-corrected chi connectivity index (χ2v) is 20.9. The van der Waals surface area contributed by atoms with Crippen molar-refractivity contribution >= 4 is 37.3 Å². The number of aryl methyl sites for hydroxylation is 4. The molecule has 0 heterocycles. The molecule has 0 aliphatic rings. The first kappa shape index (κ1) is 75.8. The summed E-state index contributed by atoms with van der Waals surface area (Å²) in [7, 11) is -6.83. The largest absolute Gasteiger partial charge is 5.00 e. The molecule has 0 bridgehead atoms. The number of nitrogens with zero attached hydrogens (tertiary/aromatic N) is 2. The van der Waals surface area contributed by atoms with Crippen LogP contribution in [0.15, 0.2) is 240 Å². The molecule has 2 N–H and O–H groups in total. The number of sulfonamides is 2. The Labute approximate surface area is 508 Å². The van der Waals surface area contributed by atoms with Crippen LogP contribution in [0.25, 0.3) is 9.44 Å². The zero-order chi connectivity index (χ0) is 54.6. The fourth-order valence-electron chi connectivity index (χ4n) is 8.30. The Morgan fingerprint density at radius 2 is 0.667 bits per heavy atom. The summed E-state index contributed by atoms with van der Waals surface area (Å²) in [4.78, 5) is 0.417. The summed E-state index contributed by atoms with van der Waals surface area (Å²) in [6, 6.07) is 72.0. The van der Waals surface area contributed by atoms with Crippen LogP contribution in [0.3, 0.4) is 0 Å². The predicted octanol–water partition coefficient (Wildman–Crippen LogP) is 13.4.